The molecule has 1 fully saturated rings. The molecule has 0 radical (unpaired) electrons. The predicted molar refractivity (Wildman–Crippen MR) is 78.9 cm³/mol. The van der Waals surface area contributed by atoms with E-state index in [9.17, 15) is 9.90 Å². The van der Waals surface area contributed by atoms with Crippen LogP contribution in [0.3, 0.4) is 0 Å². The number of piperidine rings is 1. The highest BCUT2D eigenvalue weighted by atomic mass is 16.4. The first kappa shape index (κ1) is 13.2. The molecular formula is C16H20N2O2. The number of H-pyrrole nitrogens is 1. The van der Waals surface area contributed by atoms with Crippen molar-refractivity contribution in [2.24, 2.45) is 5.92 Å². The first-order valence-corrected chi connectivity index (χ1v) is 7.24. The molecule has 106 valence electrons. The molecule has 2 heterocycles. The third-order valence-electron chi connectivity index (χ3n) is 4.37. The van der Waals surface area contributed by atoms with E-state index in [1.807, 2.05) is 24.4 Å². The summed E-state index contributed by atoms with van der Waals surface area (Å²) in [6, 6.07) is 8.13. The van der Waals surface area contributed by atoms with Gasteiger partial charge in [0.2, 0.25) is 0 Å². The minimum Gasteiger partial charge on any atom is -0.481 e. The van der Waals surface area contributed by atoms with Crippen LogP contribution in [-0.4, -0.2) is 29.1 Å². The number of hydrogen-bond acceptors (Lipinski definition) is 2. The molecule has 1 saturated heterocycles. The number of carboxylic acid groups (broad SMARTS) is 1. The minimum absolute atomic E-state index is 0.103. The standard InChI is InChI=1S/C16H20N2O2/c19-16(20)9-13(11-5-7-17-8-6-11)14-10-18-15-4-2-1-3-12(14)15/h1-4,10-11,13,17-18H,5-9H2,(H,19,20). The quantitative estimate of drug-likeness (QED) is 0.801. The second kappa shape index (κ2) is 5.67. The van der Waals surface area contributed by atoms with Crippen molar-refractivity contribution in [1.82, 2.24) is 10.3 Å². The Morgan fingerprint density at radius 3 is 2.80 bits per heavy atom. The summed E-state index contributed by atoms with van der Waals surface area (Å²) in [6.45, 7) is 1.98. The first-order chi connectivity index (χ1) is 9.75. The Kier molecular flexibility index (Phi) is 3.74. The number of rotatable bonds is 4. The molecule has 0 aliphatic carbocycles. The Morgan fingerprint density at radius 2 is 2.05 bits per heavy atom. The third-order valence-corrected chi connectivity index (χ3v) is 4.37. The highest BCUT2D eigenvalue weighted by molar-refractivity contribution is 5.84. The average Bonchev–Trinajstić information content (AvgIpc) is 2.89. The van der Waals surface area contributed by atoms with Crippen molar-refractivity contribution in [1.29, 1.82) is 0 Å². The van der Waals surface area contributed by atoms with Crippen molar-refractivity contribution in [2.45, 2.75) is 25.2 Å². The van der Waals surface area contributed by atoms with Gasteiger partial charge in [-0.2, -0.15) is 0 Å². The maximum atomic E-state index is 11.3. The van der Waals surface area contributed by atoms with Gasteiger partial charge in [0.1, 0.15) is 0 Å². The van der Waals surface area contributed by atoms with E-state index in [0.717, 1.165) is 42.4 Å². The van der Waals surface area contributed by atoms with Gasteiger partial charge >= 0.3 is 5.97 Å². The molecule has 0 bridgehead atoms. The SMILES string of the molecule is O=C(O)CC(c1c[nH]c2ccccc12)C1CCNCC1. The van der Waals surface area contributed by atoms with Gasteiger partial charge in [-0.15, -0.1) is 0 Å². The molecule has 1 aromatic heterocycles. The van der Waals surface area contributed by atoms with Gasteiger partial charge in [-0.1, -0.05) is 18.2 Å². The summed E-state index contributed by atoms with van der Waals surface area (Å²) in [5.74, 6) is -0.156. The molecule has 1 unspecified atom stereocenters. The van der Waals surface area contributed by atoms with Crippen LogP contribution in [0.1, 0.15) is 30.7 Å². The normalized spacial score (nSPS) is 18.2. The van der Waals surface area contributed by atoms with Crippen molar-refractivity contribution in [3.8, 4) is 0 Å². The molecule has 1 aliphatic rings. The van der Waals surface area contributed by atoms with Gasteiger partial charge in [-0.3, -0.25) is 4.79 Å². The molecule has 4 nitrogen and oxygen atoms in total. The number of para-hydroxylation sites is 1. The van der Waals surface area contributed by atoms with Crippen LogP contribution in [0, 0.1) is 5.92 Å². The fraction of sp³-hybridized carbons (Fsp3) is 0.438. The highest BCUT2D eigenvalue weighted by Crippen LogP contribution is 2.37. The van der Waals surface area contributed by atoms with Crippen LogP contribution in [0.15, 0.2) is 30.5 Å². The molecular weight excluding hydrogens is 252 g/mol. The van der Waals surface area contributed by atoms with E-state index in [0.29, 0.717) is 5.92 Å². The summed E-state index contributed by atoms with van der Waals surface area (Å²) in [5.41, 5.74) is 2.25. The number of aliphatic carboxylic acids is 1. The smallest absolute Gasteiger partial charge is 0.303 e. The Labute approximate surface area is 118 Å². The fourth-order valence-corrected chi connectivity index (χ4v) is 3.37. The zero-order valence-corrected chi connectivity index (χ0v) is 11.4. The predicted octanol–water partition coefficient (Wildman–Crippen LogP) is 2.73. The average molecular weight is 272 g/mol. The number of fused-ring (bicyclic) bond motifs is 1. The van der Waals surface area contributed by atoms with Gasteiger partial charge in [0.15, 0.2) is 0 Å². The number of hydrogen-bond donors (Lipinski definition) is 3. The first-order valence-electron chi connectivity index (χ1n) is 7.24. The zero-order valence-electron chi connectivity index (χ0n) is 11.4. The molecule has 3 N–H and O–H groups in total. The van der Waals surface area contributed by atoms with Gasteiger partial charge in [0.05, 0.1) is 6.42 Å². The van der Waals surface area contributed by atoms with E-state index in [1.54, 1.807) is 0 Å². The lowest BCUT2D eigenvalue weighted by Crippen LogP contribution is -2.31. The summed E-state index contributed by atoms with van der Waals surface area (Å²) in [4.78, 5) is 14.5. The van der Waals surface area contributed by atoms with E-state index in [4.69, 9.17) is 0 Å². The van der Waals surface area contributed by atoms with Gasteiger partial charge in [-0.25, -0.2) is 0 Å². The Morgan fingerprint density at radius 1 is 1.30 bits per heavy atom. The number of aromatic nitrogens is 1. The van der Waals surface area contributed by atoms with Crippen LogP contribution in [0.2, 0.25) is 0 Å². The largest absolute Gasteiger partial charge is 0.481 e. The minimum atomic E-state index is -0.709. The second-order valence-corrected chi connectivity index (χ2v) is 5.58. The van der Waals surface area contributed by atoms with Crippen molar-refractivity contribution in [3.63, 3.8) is 0 Å². The molecule has 4 heteroatoms. The molecule has 1 aliphatic heterocycles. The maximum Gasteiger partial charge on any atom is 0.303 e. The fourth-order valence-electron chi connectivity index (χ4n) is 3.37. The van der Waals surface area contributed by atoms with Crippen molar-refractivity contribution in [3.05, 3.63) is 36.0 Å². The molecule has 20 heavy (non-hydrogen) atoms. The summed E-state index contributed by atoms with van der Waals surface area (Å²) < 4.78 is 0. The summed E-state index contributed by atoms with van der Waals surface area (Å²) in [7, 11) is 0. The van der Waals surface area contributed by atoms with Crippen LogP contribution >= 0.6 is 0 Å². The monoisotopic (exact) mass is 272 g/mol. The van der Waals surface area contributed by atoms with Crippen LogP contribution in [0.4, 0.5) is 0 Å². The lowest BCUT2D eigenvalue weighted by atomic mass is 9.78. The van der Waals surface area contributed by atoms with E-state index in [-0.39, 0.29) is 12.3 Å². The van der Waals surface area contributed by atoms with Gasteiger partial charge in [-0.05, 0) is 49.4 Å². The summed E-state index contributed by atoms with van der Waals surface area (Å²) >= 11 is 0. The summed E-state index contributed by atoms with van der Waals surface area (Å²) in [6.07, 6.45) is 4.32. The van der Waals surface area contributed by atoms with Crippen LogP contribution in [0.5, 0.6) is 0 Å². The molecule has 0 amide bonds. The molecule has 2 aromatic rings. The Balaban J connectivity index is 1.97. The van der Waals surface area contributed by atoms with E-state index < -0.39 is 5.97 Å². The maximum absolute atomic E-state index is 11.3. The number of carboxylic acids is 1. The number of benzene rings is 1. The lowest BCUT2D eigenvalue weighted by Gasteiger charge is -2.29. The zero-order chi connectivity index (χ0) is 13.9. The highest BCUT2D eigenvalue weighted by Gasteiger charge is 2.28. The number of nitrogens with one attached hydrogen (secondary N) is 2. The number of carbonyl (C=O) groups is 1. The third kappa shape index (κ3) is 2.56. The molecule has 1 atom stereocenters. The van der Waals surface area contributed by atoms with E-state index in [2.05, 4.69) is 16.4 Å². The molecule has 3 rings (SSSR count). The van der Waals surface area contributed by atoms with E-state index >= 15 is 0 Å². The van der Waals surface area contributed by atoms with Crippen molar-refractivity contribution in [2.75, 3.05) is 13.1 Å². The van der Waals surface area contributed by atoms with Crippen LogP contribution in [0.25, 0.3) is 10.9 Å². The lowest BCUT2D eigenvalue weighted by molar-refractivity contribution is -0.137. The summed E-state index contributed by atoms with van der Waals surface area (Å²) in [5, 5.41) is 13.8. The van der Waals surface area contributed by atoms with Gasteiger partial charge in [0, 0.05) is 17.1 Å². The molecule has 0 saturated carbocycles. The Hall–Kier alpha value is -1.81. The van der Waals surface area contributed by atoms with Crippen LogP contribution in [-0.2, 0) is 4.79 Å². The molecule has 1 aromatic carbocycles. The van der Waals surface area contributed by atoms with Crippen molar-refractivity contribution >= 4 is 16.9 Å². The van der Waals surface area contributed by atoms with Crippen LogP contribution < -0.4 is 5.32 Å². The van der Waals surface area contributed by atoms with Gasteiger partial charge < -0.3 is 15.4 Å². The number of aromatic amines is 1. The Bertz CT molecular complexity index is 599. The van der Waals surface area contributed by atoms with Crippen molar-refractivity contribution < 1.29 is 9.90 Å². The molecule has 0 spiro atoms. The topological polar surface area (TPSA) is 65.1 Å². The second-order valence-electron chi connectivity index (χ2n) is 5.58. The van der Waals surface area contributed by atoms with E-state index in [1.165, 1.54) is 0 Å². The van der Waals surface area contributed by atoms with Gasteiger partial charge in [0.25, 0.3) is 0 Å².